The van der Waals surface area contributed by atoms with Crippen molar-refractivity contribution in [2.24, 2.45) is 5.92 Å². The van der Waals surface area contributed by atoms with Crippen molar-refractivity contribution >= 4 is 17.5 Å². The van der Waals surface area contributed by atoms with E-state index < -0.39 is 5.97 Å². The smallest absolute Gasteiger partial charge is 0.341 e. The van der Waals surface area contributed by atoms with Crippen molar-refractivity contribution in [1.82, 2.24) is 4.98 Å². The maximum Gasteiger partial charge on any atom is 0.341 e. The number of esters is 1. The summed E-state index contributed by atoms with van der Waals surface area (Å²) in [6, 6.07) is 1.85. The summed E-state index contributed by atoms with van der Waals surface area (Å²) in [5.41, 5.74) is 6.51. The van der Waals surface area contributed by atoms with E-state index in [2.05, 4.69) is 25.8 Å². The van der Waals surface area contributed by atoms with E-state index in [4.69, 9.17) is 10.5 Å². The number of carbonyl (C=O) groups excluding carboxylic acids is 1. The van der Waals surface area contributed by atoms with Crippen molar-refractivity contribution in [2.45, 2.75) is 26.8 Å². The predicted octanol–water partition coefficient (Wildman–Crippen LogP) is 1.93. The summed E-state index contributed by atoms with van der Waals surface area (Å²) in [6.45, 7) is 6.33. The Kier molecular flexibility index (Phi) is 4.53. The van der Waals surface area contributed by atoms with Crippen molar-refractivity contribution in [2.75, 3.05) is 24.8 Å². The Morgan fingerprint density at radius 1 is 1.44 bits per heavy atom. The summed E-state index contributed by atoms with van der Waals surface area (Å²) < 4.78 is 4.76. The molecule has 100 valence electrons. The normalized spacial score (nSPS) is 12.3. The third kappa shape index (κ3) is 2.91. The molecule has 1 atom stereocenters. The molecule has 1 aromatic heterocycles. The number of nitrogen functional groups attached to an aromatic ring is 1. The third-order valence-corrected chi connectivity index (χ3v) is 3.20. The fourth-order valence-electron chi connectivity index (χ4n) is 1.66. The molecule has 1 unspecified atom stereocenters. The summed E-state index contributed by atoms with van der Waals surface area (Å²) >= 11 is 0. The molecule has 0 spiro atoms. The number of nitrogens with zero attached hydrogens (tertiary/aromatic N) is 2. The highest BCUT2D eigenvalue weighted by atomic mass is 16.5. The van der Waals surface area contributed by atoms with Crippen LogP contribution >= 0.6 is 0 Å². The molecule has 0 aromatic carbocycles. The molecule has 0 amide bonds. The largest absolute Gasteiger partial charge is 0.465 e. The highest BCUT2D eigenvalue weighted by molar-refractivity contribution is 5.95. The van der Waals surface area contributed by atoms with Gasteiger partial charge in [0.15, 0.2) is 0 Å². The van der Waals surface area contributed by atoms with Gasteiger partial charge < -0.3 is 15.4 Å². The zero-order valence-electron chi connectivity index (χ0n) is 11.6. The van der Waals surface area contributed by atoms with Crippen molar-refractivity contribution in [3.63, 3.8) is 0 Å². The fourth-order valence-corrected chi connectivity index (χ4v) is 1.66. The summed E-state index contributed by atoms with van der Waals surface area (Å²) in [6.07, 6.45) is 1.55. The van der Waals surface area contributed by atoms with E-state index >= 15 is 0 Å². The average molecular weight is 251 g/mol. The van der Waals surface area contributed by atoms with E-state index in [0.717, 1.165) is 0 Å². The van der Waals surface area contributed by atoms with E-state index in [1.807, 2.05) is 11.9 Å². The molecule has 0 bridgehead atoms. The van der Waals surface area contributed by atoms with E-state index in [1.54, 1.807) is 12.3 Å². The molecule has 18 heavy (non-hydrogen) atoms. The number of methoxy groups -OCH3 is 1. The van der Waals surface area contributed by atoms with Gasteiger partial charge in [0, 0.05) is 13.1 Å². The van der Waals surface area contributed by atoms with Crippen molar-refractivity contribution in [3.05, 3.63) is 17.8 Å². The number of nitrogens with two attached hydrogens (primary N) is 1. The molecule has 1 aromatic rings. The molecule has 5 nitrogen and oxygen atoms in total. The van der Waals surface area contributed by atoms with Gasteiger partial charge in [-0.3, -0.25) is 0 Å². The van der Waals surface area contributed by atoms with Gasteiger partial charge in [-0.15, -0.1) is 0 Å². The molecule has 0 radical (unpaired) electrons. The summed E-state index contributed by atoms with van der Waals surface area (Å²) in [4.78, 5) is 18.0. The van der Waals surface area contributed by atoms with Crippen LogP contribution in [0.15, 0.2) is 12.3 Å². The summed E-state index contributed by atoms with van der Waals surface area (Å²) in [5, 5.41) is 0. The molecule has 0 aliphatic carbocycles. The van der Waals surface area contributed by atoms with Crippen molar-refractivity contribution in [3.8, 4) is 0 Å². The Bertz CT molecular complexity index is 432. The maximum absolute atomic E-state index is 11.7. The molecule has 0 aliphatic rings. The Morgan fingerprint density at radius 3 is 2.56 bits per heavy atom. The zero-order chi connectivity index (χ0) is 13.9. The monoisotopic (exact) mass is 251 g/mol. The second kappa shape index (κ2) is 5.71. The minimum atomic E-state index is -0.424. The first-order chi connectivity index (χ1) is 8.38. The SMILES string of the molecule is COC(=O)c1cc(N)cnc1N(C)C(C)C(C)C. The van der Waals surface area contributed by atoms with Gasteiger partial charge in [0.1, 0.15) is 11.4 Å². The number of pyridine rings is 1. The lowest BCUT2D eigenvalue weighted by molar-refractivity contribution is 0.0601. The van der Waals surface area contributed by atoms with Gasteiger partial charge >= 0.3 is 5.97 Å². The van der Waals surface area contributed by atoms with Crippen LogP contribution in [0.2, 0.25) is 0 Å². The van der Waals surface area contributed by atoms with Crippen LogP contribution in [0, 0.1) is 5.92 Å². The molecule has 1 heterocycles. The van der Waals surface area contributed by atoms with Crippen molar-refractivity contribution < 1.29 is 9.53 Å². The summed E-state index contributed by atoms with van der Waals surface area (Å²) in [7, 11) is 3.26. The predicted molar refractivity (Wildman–Crippen MR) is 72.7 cm³/mol. The topological polar surface area (TPSA) is 68.5 Å². The first-order valence-electron chi connectivity index (χ1n) is 5.95. The first kappa shape index (κ1) is 14.3. The summed E-state index contributed by atoms with van der Waals surface area (Å²) in [5.74, 6) is 0.615. The van der Waals surface area contributed by atoms with E-state index in [-0.39, 0.29) is 6.04 Å². The van der Waals surface area contributed by atoms with Gasteiger partial charge in [0.25, 0.3) is 0 Å². The molecule has 0 fully saturated rings. The maximum atomic E-state index is 11.7. The quantitative estimate of drug-likeness (QED) is 0.828. The number of carbonyl (C=O) groups is 1. The van der Waals surface area contributed by atoms with E-state index in [9.17, 15) is 4.79 Å². The van der Waals surface area contributed by atoms with Crippen LogP contribution in [-0.4, -0.2) is 31.2 Å². The van der Waals surface area contributed by atoms with Gasteiger partial charge in [-0.25, -0.2) is 9.78 Å². The molecular formula is C13H21N3O2. The minimum Gasteiger partial charge on any atom is -0.465 e. The van der Waals surface area contributed by atoms with Crippen LogP contribution < -0.4 is 10.6 Å². The lowest BCUT2D eigenvalue weighted by Crippen LogP contribution is -2.35. The number of rotatable bonds is 4. The Labute approximate surface area is 108 Å². The van der Waals surface area contributed by atoms with Crippen molar-refractivity contribution in [1.29, 1.82) is 0 Å². The van der Waals surface area contributed by atoms with Gasteiger partial charge in [-0.1, -0.05) is 13.8 Å². The third-order valence-electron chi connectivity index (χ3n) is 3.20. The van der Waals surface area contributed by atoms with Crippen LogP contribution in [-0.2, 0) is 4.74 Å². The second-order valence-corrected chi connectivity index (χ2v) is 4.73. The minimum absolute atomic E-state index is 0.254. The molecular weight excluding hydrogens is 230 g/mol. The molecule has 0 aliphatic heterocycles. The molecule has 5 heteroatoms. The van der Waals surface area contributed by atoms with E-state index in [1.165, 1.54) is 7.11 Å². The van der Waals surface area contributed by atoms with Crippen LogP contribution in [0.4, 0.5) is 11.5 Å². The zero-order valence-corrected chi connectivity index (χ0v) is 11.6. The Morgan fingerprint density at radius 2 is 2.06 bits per heavy atom. The molecule has 1 rings (SSSR count). The van der Waals surface area contributed by atoms with Gasteiger partial charge in [0.2, 0.25) is 0 Å². The van der Waals surface area contributed by atoms with Crippen LogP contribution in [0.3, 0.4) is 0 Å². The standard InChI is InChI=1S/C13H21N3O2/c1-8(2)9(3)16(4)12-11(13(17)18-5)6-10(14)7-15-12/h6-9H,14H2,1-5H3. The van der Waals surface area contributed by atoms with Gasteiger partial charge in [0.05, 0.1) is 19.0 Å². The second-order valence-electron chi connectivity index (χ2n) is 4.73. The van der Waals surface area contributed by atoms with Gasteiger partial charge in [-0.2, -0.15) is 0 Å². The fraction of sp³-hybridized carbons (Fsp3) is 0.538. The average Bonchev–Trinajstić information content (AvgIpc) is 2.35. The van der Waals surface area contributed by atoms with Crippen LogP contribution in [0.1, 0.15) is 31.1 Å². The van der Waals surface area contributed by atoms with Crippen LogP contribution in [0.5, 0.6) is 0 Å². The lowest BCUT2D eigenvalue weighted by atomic mass is 10.0. The lowest BCUT2D eigenvalue weighted by Gasteiger charge is -2.30. The highest BCUT2D eigenvalue weighted by Gasteiger charge is 2.21. The number of anilines is 2. The number of hydrogen-bond acceptors (Lipinski definition) is 5. The molecule has 0 saturated carbocycles. The van der Waals surface area contributed by atoms with E-state index in [0.29, 0.717) is 23.0 Å². The number of aromatic nitrogens is 1. The Balaban J connectivity index is 3.19. The number of ether oxygens (including phenoxy) is 1. The first-order valence-corrected chi connectivity index (χ1v) is 5.95. The van der Waals surface area contributed by atoms with Crippen LogP contribution in [0.25, 0.3) is 0 Å². The molecule has 0 saturated heterocycles. The van der Waals surface area contributed by atoms with Gasteiger partial charge in [-0.05, 0) is 18.9 Å². The Hall–Kier alpha value is -1.78. The highest BCUT2D eigenvalue weighted by Crippen LogP contribution is 2.23. The molecule has 2 N–H and O–H groups in total. The number of hydrogen-bond donors (Lipinski definition) is 1.